The third-order valence-corrected chi connectivity index (χ3v) is 15.6. The van der Waals surface area contributed by atoms with Crippen LogP contribution >= 0.6 is 0 Å². The highest BCUT2D eigenvalue weighted by Gasteiger charge is 2.39. The molecule has 0 fully saturated rings. The van der Waals surface area contributed by atoms with E-state index in [4.69, 9.17) is 17.7 Å². The number of unbranched alkanes of at least 4 members (excludes halogenated alkanes) is 1. The first-order valence-corrected chi connectivity index (χ1v) is 19.4. The van der Waals surface area contributed by atoms with E-state index in [0.717, 1.165) is 19.1 Å². The summed E-state index contributed by atoms with van der Waals surface area (Å²) in [4.78, 5) is 0. The smallest absolute Gasteiger partial charge is 0.311 e. The van der Waals surface area contributed by atoms with Crippen molar-refractivity contribution in [2.75, 3.05) is 26.4 Å². The summed E-state index contributed by atoms with van der Waals surface area (Å²) in [6, 6.07) is 2.33. The Balaban J connectivity index is 4.03. The minimum absolute atomic E-state index is 0.612. The number of ether oxygens (including phenoxy) is 2. The Kier molecular flexibility index (Phi) is 14.0. The summed E-state index contributed by atoms with van der Waals surface area (Å²) >= 11 is 0. The molecule has 0 atom stereocenters. The van der Waals surface area contributed by atoms with E-state index in [1.165, 1.54) is 18.9 Å². The second-order valence-electron chi connectivity index (χ2n) is 8.68. The predicted molar refractivity (Wildman–Crippen MR) is 125 cm³/mol. The van der Waals surface area contributed by atoms with Gasteiger partial charge >= 0.3 is 8.56 Å². The van der Waals surface area contributed by atoms with Gasteiger partial charge in [-0.25, -0.2) is 0 Å². The molecule has 0 aromatic carbocycles. The molecule has 160 valence electrons. The third-order valence-electron chi connectivity index (χ3n) is 4.10. The molecule has 0 saturated heterocycles. The lowest BCUT2D eigenvalue weighted by Crippen LogP contribution is -2.52. The zero-order valence-electron chi connectivity index (χ0n) is 18.9. The molecule has 0 rings (SSSR count). The summed E-state index contributed by atoms with van der Waals surface area (Å²) in [5.41, 5.74) is 0. The van der Waals surface area contributed by atoms with Crippen molar-refractivity contribution in [2.24, 2.45) is 0 Å². The van der Waals surface area contributed by atoms with Gasteiger partial charge in [0.15, 0.2) is 16.6 Å². The number of rotatable bonds is 17. The summed E-state index contributed by atoms with van der Waals surface area (Å²) in [7, 11) is -5.42. The first-order valence-electron chi connectivity index (χ1n) is 10.4. The Morgan fingerprint density at radius 3 is 1.89 bits per heavy atom. The third kappa shape index (κ3) is 16.6. The second-order valence-corrected chi connectivity index (χ2v) is 21.2. The minimum atomic E-state index is -2.07. The number of allylic oxidation sites excluding steroid dienone is 2. The van der Waals surface area contributed by atoms with Crippen LogP contribution in [0.1, 0.15) is 26.2 Å². The van der Waals surface area contributed by atoms with Gasteiger partial charge in [0.1, 0.15) is 0 Å². The Morgan fingerprint density at radius 2 is 1.33 bits per heavy atom. The molecule has 0 N–H and O–H groups in total. The van der Waals surface area contributed by atoms with Crippen molar-refractivity contribution in [3.05, 3.63) is 24.8 Å². The zero-order chi connectivity index (χ0) is 20.8. The fourth-order valence-electron chi connectivity index (χ4n) is 3.18. The SMILES string of the molecule is C=CC=CCOCCOCCC[Si](C)(C)O[Si](C)(C)O[Si](C)(C)CCCC. The summed E-state index contributed by atoms with van der Waals surface area (Å²) < 4.78 is 24.3. The first-order chi connectivity index (χ1) is 12.5. The van der Waals surface area contributed by atoms with E-state index < -0.39 is 25.2 Å². The largest absolute Gasteiger partial charge is 0.437 e. The van der Waals surface area contributed by atoms with E-state index in [2.05, 4.69) is 52.8 Å². The van der Waals surface area contributed by atoms with Crippen molar-refractivity contribution in [3.8, 4) is 0 Å². The molecule has 0 saturated carbocycles. The topological polar surface area (TPSA) is 36.9 Å². The lowest BCUT2D eigenvalue weighted by atomic mass is 10.4. The molecule has 27 heavy (non-hydrogen) atoms. The van der Waals surface area contributed by atoms with Crippen LogP contribution in [-0.4, -0.2) is 51.6 Å². The van der Waals surface area contributed by atoms with Crippen molar-refractivity contribution in [1.29, 1.82) is 0 Å². The minimum Gasteiger partial charge on any atom is -0.437 e. The fraction of sp³-hybridized carbons (Fsp3) is 0.800. The summed E-state index contributed by atoms with van der Waals surface area (Å²) in [5.74, 6) is 0. The van der Waals surface area contributed by atoms with Crippen molar-refractivity contribution in [3.63, 3.8) is 0 Å². The maximum atomic E-state index is 6.62. The van der Waals surface area contributed by atoms with Gasteiger partial charge in [0, 0.05) is 6.61 Å². The van der Waals surface area contributed by atoms with Crippen molar-refractivity contribution in [2.45, 2.75) is 77.6 Å². The molecular weight excluding hydrogens is 388 g/mol. The molecular formula is C20H44O4Si3. The van der Waals surface area contributed by atoms with Gasteiger partial charge in [-0.1, -0.05) is 44.6 Å². The van der Waals surface area contributed by atoms with E-state index in [0.29, 0.717) is 19.8 Å². The lowest BCUT2D eigenvalue weighted by Gasteiger charge is -2.38. The number of hydrogen-bond donors (Lipinski definition) is 0. The molecule has 0 spiro atoms. The molecule has 7 heteroatoms. The second kappa shape index (κ2) is 14.0. The Morgan fingerprint density at radius 1 is 0.778 bits per heavy atom. The van der Waals surface area contributed by atoms with Crippen LogP contribution in [0.2, 0.25) is 51.4 Å². The van der Waals surface area contributed by atoms with Gasteiger partial charge in [0.05, 0.1) is 19.8 Å². The molecule has 0 heterocycles. The highest BCUT2D eigenvalue weighted by molar-refractivity contribution is 6.87. The highest BCUT2D eigenvalue weighted by Crippen LogP contribution is 2.26. The van der Waals surface area contributed by atoms with E-state index in [9.17, 15) is 0 Å². The van der Waals surface area contributed by atoms with Crippen LogP contribution < -0.4 is 0 Å². The molecule has 0 aliphatic rings. The standard InChI is InChI=1S/C20H44O4Si3/c1-9-11-13-15-21-17-18-22-16-14-20-26(5,6)24-27(7,8)23-25(3,4)19-12-10-2/h9,11,13H,1,10,12,14-20H2,2-8H3. The maximum Gasteiger partial charge on any atom is 0.311 e. The lowest BCUT2D eigenvalue weighted by molar-refractivity contribution is 0.0584. The van der Waals surface area contributed by atoms with E-state index in [1.807, 2.05) is 12.2 Å². The normalized spacial score (nSPS) is 13.4. The molecule has 4 nitrogen and oxygen atoms in total. The van der Waals surface area contributed by atoms with Gasteiger partial charge in [-0.2, -0.15) is 0 Å². The van der Waals surface area contributed by atoms with Crippen molar-refractivity contribution in [1.82, 2.24) is 0 Å². The van der Waals surface area contributed by atoms with Gasteiger partial charge in [0.2, 0.25) is 0 Å². The molecule has 0 unspecified atom stereocenters. The summed E-state index contributed by atoms with van der Waals surface area (Å²) in [5, 5.41) is 0. The van der Waals surface area contributed by atoms with Crippen LogP contribution in [-0.2, 0) is 17.7 Å². The van der Waals surface area contributed by atoms with Crippen molar-refractivity contribution < 1.29 is 17.7 Å². The maximum absolute atomic E-state index is 6.62. The summed E-state index contributed by atoms with van der Waals surface area (Å²) in [6.45, 7) is 22.2. The number of hydrogen-bond acceptors (Lipinski definition) is 4. The fourth-order valence-corrected chi connectivity index (χ4v) is 17.4. The Labute approximate surface area is 171 Å². The van der Waals surface area contributed by atoms with E-state index in [1.54, 1.807) is 6.08 Å². The van der Waals surface area contributed by atoms with Crippen LogP contribution in [0.25, 0.3) is 0 Å². The average Bonchev–Trinajstić information content (AvgIpc) is 2.52. The zero-order valence-corrected chi connectivity index (χ0v) is 21.9. The predicted octanol–water partition coefficient (Wildman–Crippen LogP) is 6.10. The average molecular weight is 433 g/mol. The quantitative estimate of drug-likeness (QED) is 0.158. The first kappa shape index (κ1) is 27.0. The van der Waals surface area contributed by atoms with Gasteiger partial charge in [0.25, 0.3) is 0 Å². The van der Waals surface area contributed by atoms with Gasteiger partial charge in [-0.3, -0.25) is 0 Å². The van der Waals surface area contributed by atoms with Crippen LogP contribution in [0.4, 0.5) is 0 Å². The molecule has 0 aliphatic carbocycles. The molecule has 0 bridgehead atoms. The molecule has 0 amide bonds. The van der Waals surface area contributed by atoms with Gasteiger partial charge in [-0.15, -0.1) is 0 Å². The van der Waals surface area contributed by atoms with Crippen LogP contribution in [0, 0.1) is 0 Å². The monoisotopic (exact) mass is 432 g/mol. The van der Waals surface area contributed by atoms with E-state index >= 15 is 0 Å². The summed E-state index contributed by atoms with van der Waals surface area (Å²) in [6.07, 6.45) is 9.11. The van der Waals surface area contributed by atoms with Gasteiger partial charge < -0.3 is 17.7 Å². The van der Waals surface area contributed by atoms with Crippen LogP contribution in [0.5, 0.6) is 0 Å². The molecule has 0 aromatic rings. The van der Waals surface area contributed by atoms with Crippen LogP contribution in [0.3, 0.4) is 0 Å². The van der Waals surface area contributed by atoms with Crippen LogP contribution in [0.15, 0.2) is 24.8 Å². The van der Waals surface area contributed by atoms with E-state index in [-0.39, 0.29) is 0 Å². The Bertz CT molecular complexity index is 423. The van der Waals surface area contributed by atoms with Gasteiger partial charge in [-0.05, 0) is 57.8 Å². The highest BCUT2D eigenvalue weighted by atomic mass is 28.5. The van der Waals surface area contributed by atoms with Crippen molar-refractivity contribution >= 4 is 25.2 Å². The molecule has 0 aliphatic heterocycles. The Hall–Kier alpha value is -0.0294. The molecule has 0 aromatic heterocycles. The molecule has 0 radical (unpaired) electrons.